The minimum absolute atomic E-state index is 0.246. The maximum absolute atomic E-state index is 12.1. The molecule has 0 aliphatic rings. The lowest BCUT2D eigenvalue weighted by Crippen LogP contribution is -2.16. The molecule has 2 heterocycles. The van der Waals surface area contributed by atoms with E-state index in [9.17, 15) is 13.2 Å². The third kappa shape index (κ3) is 4.30. The van der Waals surface area contributed by atoms with Gasteiger partial charge in [0, 0.05) is 5.75 Å². The smallest absolute Gasteiger partial charge is 0.410 e. The number of thiophene rings is 1. The van der Waals surface area contributed by atoms with Gasteiger partial charge < -0.3 is 9.15 Å². The zero-order chi connectivity index (χ0) is 17.2. The first-order valence-electron chi connectivity index (χ1n) is 6.76. The monoisotopic (exact) mass is 372 g/mol. The molecule has 0 aliphatic heterocycles. The van der Waals surface area contributed by atoms with Gasteiger partial charge in [0.1, 0.15) is 5.75 Å². The fourth-order valence-corrected chi connectivity index (χ4v) is 3.45. The Morgan fingerprint density at radius 1 is 1.17 bits per heavy atom. The van der Waals surface area contributed by atoms with Crippen molar-refractivity contribution in [3.05, 3.63) is 46.8 Å². The molecule has 0 saturated carbocycles. The topological polar surface area (TPSA) is 48.2 Å². The van der Waals surface area contributed by atoms with Crippen LogP contribution in [0.25, 0.3) is 10.8 Å². The van der Waals surface area contributed by atoms with Gasteiger partial charge in [-0.05, 0) is 41.6 Å². The van der Waals surface area contributed by atoms with Crippen LogP contribution in [0.15, 0.2) is 45.4 Å². The van der Waals surface area contributed by atoms with Crippen molar-refractivity contribution in [1.29, 1.82) is 0 Å². The summed E-state index contributed by atoms with van der Waals surface area (Å²) in [5.74, 6) is 0.723. The second-order valence-electron chi connectivity index (χ2n) is 4.79. The van der Waals surface area contributed by atoms with E-state index >= 15 is 0 Å². The molecule has 3 aromatic rings. The normalized spacial score (nSPS) is 11.7. The SMILES string of the molecule is Cc1ccsc1-c1nnc(SCc2ccc(OC(F)(F)F)cc2)o1. The molecular weight excluding hydrogens is 361 g/mol. The molecule has 9 heteroatoms. The van der Waals surface area contributed by atoms with Crippen LogP contribution < -0.4 is 4.74 Å². The van der Waals surface area contributed by atoms with Gasteiger partial charge in [-0.2, -0.15) is 0 Å². The maximum atomic E-state index is 12.1. The summed E-state index contributed by atoms with van der Waals surface area (Å²) in [6.45, 7) is 1.97. The highest BCUT2D eigenvalue weighted by Gasteiger charge is 2.30. The molecule has 0 amide bonds. The molecule has 3 rings (SSSR count). The Morgan fingerprint density at radius 3 is 2.54 bits per heavy atom. The van der Waals surface area contributed by atoms with Crippen LogP contribution >= 0.6 is 23.1 Å². The Hall–Kier alpha value is -2.00. The molecule has 24 heavy (non-hydrogen) atoms. The number of hydrogen-bond donors (Lipinski definition) is 0. The van der Waals surface area contributed by atoms with Crippen molar-refractivity contribution in [1.82, 2.24) is 10.2 Å². The predicted octanol–water partition coefficient (Wildman–Crippen LogP) is 5.30. The summed E-state index contributed by atoms with van der Waals surface area (Å²) in [5, 5.41) is 10.3. The van der Waals surface area contributed by atoms with Crippen molar-refractivity contribution < 1.29 is 22.3 Å². The molecule has 0 saturated heterocycles. The average Bonchev–Trinajstić information content (AvgIpc) is 3.13. The van der Waals surface area contributed by atoms with E-state index < -0.39 is 6.36 Å². The molecule has 0 unspecified atom stereocenters. The zero-order valence-corrected chi connectivity index (χ0v) is 14.0. The number of thioether (sulfide) groups is 1. The van der Waals surface area contributed by atoms with E-state index in [4.69, 9.17) is 4.42 Å². The van der Waals surface area contributed by atoms with Crippen LogP contribution in [0.3, 0.4) is 0 Å². The Morgan fingerprint density at radius 2 is 1.92 bits per heavy atom. The number of hydrogen-bond acceptors (Lipinski definition) is 6. The molecule has 0 atom stereocenters. The van der Waals surface area contributed by atoms with Gasteiger partial charge >= 0.3 is 6.36 Å². The third-order valence-electron chi connectivity index (χ3n) is 2.98. The molecule has 0 fully saturated rings. The van der Waals surface area contributed by atoms with Crippen molar-refractivity contribution >= 4 is 23.1 Å². The highest BCUT2D eigenvalue weighted by atomic mass is 32.2. The quantitative estimate of drug-likeness (QED) is 0.569. The summed E-state index contributed by atoms with van der Waals surface area (Å²) < 4.78 is 45.7. The minimum atomic E-state index is -4.68. The Balaban J connectivity index is 1.60. The standard InChI is InChI=1S/C15H11F3N2O2S2/c1-9-6-7-23-12(9)13-19-20-14(21-13)24-8-10-2-4-11(5-3-10)22-15(16,17)18/h2-7H,8H2,1H3. The predicted molar refractivity (Wildman–Crippen MR) is 85.0 cm³/mol. The number of benzene rings is 1. The largest absolute Gasteiger partial charge is 0.573 e. The van der Waals surface area contributed by atoms with Crippen LogP contribution in [0.5, 0.6) is 5.75 Å². The fourth-order valence-electron chi connectivity index (χ4n) is 1.88. The van der Waals surface area contributed by atoms with Crippen molar-refractivity contribution in [3.8, 4) is 16.5 Å². The molecule has 0 aliphatic carbocycles. The van der Waals surface area contributed by atoms with Crippen LogP contribution in [0.4, 0.5) is 13.2 Å². The van der Waals surface area contributed by atoms with E-state index in [0.29, 0.717) is 16.9 Å². The van der Waals surface area contributed by atoms with Gasteiger partial charge in [0.25, 0.3) is 11.1 Å². The van der Waals surface area contributed by atoms with Crippen LogP contribution in [-0.2, 0) is 5.75 Å². The first kappa shape index (κ1) is 16.8. The molecule has 0 N–H and O–H groups in total. The summed E-state index contributed by atoms with van der Waals surface area (Å²) in [5.41, 5.74) is 1.89. The Kier molecular flexibility index (Phi) is 4.81. The molecule has 126 valence electrons. The van der Waals surface area contributed by atoms with Crippen molar-refractivity contribution in [3.63, 3.8) is 0 Å². The maximum Gasteiger partial charge on any atom is 0.573 e. The number of rotatable bonds is 5. The number of aryl methyl sites for hydroxylation is 1. The van der Waals surface area contributed by atoms with E-state index in [2.05, 4.69) is 14.9 Å². The van der Waals surface area contributed by atoms with Gasteiger partial charge in [0.15, 0.2) is 0 Å². The van der Waals surface area contributed by atoms with Gasteiger partial charge in [-0.1, -0.05) is 23.9 Å². The number of ether oxygens (including phenoxy) is 1. The van der Waals surface area contributed by atoms with E-state index in [-0.39, 0.29) is 5.75 Å². The Bertz CT molecular complexity index is 813. The summed E-state index contributed by atoms with van der Waals surface area (Å²) in [7, 11) is 0. The Labute approximate surface area is 143 Å². The van der Waals surface area contributed by atoms with E-state index in [1.54, 1.807) is 12.1 Å². The average molecular weight is 372 g/mol. The molecule has 2 aromatic heterocycles. The molecule has 1 aromatic carbocycles. The van der Waals surface area contributed by atoms with Crippen LogP contribution in [0.1, 0.15) is 11.1 Å². The summed E-state index contributed by atoms with van der Waals surface area (Å²) in [6, 6.07) is 7.65. The van der Waals surface area contributed by atoms with E-state index in [1.807, 2.05) is 18.4 Å². The third-order valence-corrected chi connectivity index (χ3v) is 4.88. The van der Waals surface area contributed by atoms with Gasteiger partial charge in [0.2, 0.25) is 0 Å². The van der Waals surface area contributed by atoms with Gasteiger partial charge in [-0.3, -0.25) is 0 Å². The van der Waals surface area contributed by atoms with Gasteiger partial charge in [-0.25, -0.2) is 0 Å². The molecule has 0 bridgehead atoms. The van der Waals surface area contributed by atoms with E-state index in [1.165, 1.54) is 35.2 Å². The number of aromatic nitrogens is 2. The minimum Gasteiger partial charge on any atom is -0.410 e. The van der Waals surface area contributed by atoms with Crippen molar-refractivity contribution in [2.75, 3.05) is 0 Å². The first-order valence-corrected chi connectivity index (χ1v) is 8.63. The molecule has 0 spiro atoms. The number of alkyl halides is 3. The summed E-state index contributed by atoms with van der Waals surface area (Å²) in [6.07, 6.45) is -4.68. The van der Waals surface area contributed by atoms with Gasteiger partial charge in [-0.15, -0.1) is 34.7 Å². The first-order chi connectivity index (χ1) is 11.4. The second-order valence-corrected chi connectivity index (χ2v) is 6.63. The number of halogens is 3. The van der Waals surface area contributed by atoms with Crippen molar-refractivity contribution in [2.24, 2.45) is 0 Å². The second kappa shape index (κ2) is 6.86. The van der Waals surface area contributed by atoms with Gasteiger partial charge in [0.05, 0.1) is 4.88 Å². The van der Waals surface area contributed by atoms with Crippen molar-refractivity contribution in [2.45, 2.75) is 24.3 Å². The highest BCUT2D eigenvalue weighted by Crippen LogP contribution is 2.31. The van der Waals surface area contributed by atoms with Crippen LogP contribution in [-0.4, -0.2) is 16.6 Å². The summed E-state index contributed by atoms with van der Waals surface area (Å²) in [4.78, 5) is 0.933. The number of nitrogens with zero attached hydrogens (tertiary/aromatic N) is 2. The van der Waals surface area contributed by atoms with Crippen LogP contribution in [0, 0.1) is 6.92 Å². The lowest BCUT2D eigenvalue weighted by atomic mass is 10.2. The molecule has 0 radical (unpaired) electrons. The summed E-state index contributed by atoms with van der Waals surface area (Å²) >= 11 is 2.84. The highest BCUT2D eigenvalue weighted by molar-refractivity contribution is 7.98. The lowest BCUT2D eigenvalue weighted by molar-refractivity contribution is -0.274. The van der Waals surface area contributed by atoms with E-state index in [0.717, 1.165) is 16.0 Å². The lowest BCUT2D eigenvalue weighted by Gasteiger charge is -2.08. The molecule has 4 nitrogen and oxygen atoms in total. The fraction of sp³-hybridized carbons (Fsp3) is 0.200. The molecular formula is C15H11F3N2O2S2. The van der Waals surface area contributed by atoms with Crippen LogP contribution in [0.2, 0.25) is 0 Å². The zero-order valence-electron chi connectivity index (χ0n) is 12.3.